The van der Waals surface area contributed by atoms with E-state index in [1.165, 1.54) is 24.3 Å². The molecule has 1 rings (SSSR count). The first-order chi connectivity index (χ1) is 7.06. The van der Waals surface area contributed by atoms with Gasteiger partial charge in [0.25, 0.3) is 5.69 Å². The topological polar surface area (TPSA) is 60.2 Å². The van der Waals surface area contributed by atoms with Crippen LogP contribution in [0.4, 0.5) is 5.69 Å². The minimum atomic E-state index is -0.495. The minimum Gasteiger partial charge on any atom is -0.294 e. The maximum atomic E-state index is 11.6. The van der Waals surface area contributed by atoms with Gasteiger partial charge in [-0.25, -0.2) is 0 Å². The molecule has 0 N–H and O–H groups in total. The number of benzene rings is 1. The number of nitro benzene ring substituents is 1. The first-order valence-corrected chi connectivity index (χ1v) is 4.47. The van der Waals surface area contributed by atoms with Crippen molar-refractivity contribution >= 4 is 11.5 Å². The van der Waals surface area contributed by atoms with Crippen LogP contribution in [0.2, 0.25) is 0 Å². The molecule has 1 atom stereocenters. The zero-order chi connectivity index (χ0) is 11.4. The molecular formula is C11H11NO3. The predicted molar refractivity (Wildman–Crippen MR) is 56.8 cm³/mol. The Morgan fingerprint density at radius 3 is 2.40 bits per heavy atom. The smallest absolute Gasteiger partial charge is 0.269 e. The molecule has 0 heterocycles. The van der Waals surface area contributed by atoms with Gasteiger partial charge in [0, 0.05) is 23.6 Å². The lowest BCUT2D eigenvalue weighted by Gasteiger charge is -2.03. The Bertz CT molecular complexity index is 395. The number of hydrogen-bond acceptors (Lipinski definition) is 3. The summed E-state index contributed by atoms with van der Waals surface area (Å²) in [7, 11) is 0. The SMILES string of the molecule is C=CC(C)C(=O)c1ccc([N+](=O)[O-])cc1. The molecule has 78 valence electrons. The molecule has 0 saturated carbocycles. The van der Waals surface area contributed by atoms with Gasteiger partial charge in [0.1, 0.15) is 0 Å². The lowest BCUT2D eigenvalue weighted by Crippen LogP contribution is -2.08. The highest BCUT2D eigenvalue weighted by molar-refractivity contribution is 5.98. The lowest BCUT2D eigenvalue weighted by atomic mass is 9.99. The number of rotatable bonds is 4. The van der Waals surface area contributed by atoms with Crippen molar-refractivity contribution in [2.24, 2.45) is 5.92 Å². The van der Waals surface area contributed by atoms with E-state index >= 15 is 0 Å². The summed E-state index contributed by atoms with van der Waals surface area (Å²) in [5.41, 5.74) is 0.450. The molecule has 1 unspecified atom stereocenters. The maximum absolute atomic E-state index is 11.6. The van der Waals surface area contributed by atoms with E-state index in [2.05, 4.69) is 6.58 Å². The number of allylic oxidation sites excluding steroid dienone is 1. The average molecular weight is 205 g/mol. The van der Waals surface area contributed by atoms with Crippen LogP contribution in [0.25, 0.3) is 0 Å². The van der Waals surface area contributed by atoms with Crippen molar-refractivity contribution in [1.82, 2.24) is 0 Å². The van der Waals surface area contributed by atoms with Crippen LogP contribution < -0.4 is 0 Å². The van der Waals surface area contributed by atoms with E-state index in [0.29, 0.717) is 5.56 Å². The number of nitro groups is 1. The molecule has 0 radical (unpaired) electrons. The molecule has 0 fully saturated rings. The largest absolute Gasteiger partial charge is 0.294 e. The average Bonchev–Trinajstić information content (AvgIpc) is 2.27. The third-order valence-electron chi connectivity index (χ3n) is 2.13. The van der Waals surface area contributed by atoms with E-state index < -0.39 is 4.92 Å². The lowest BCUT2D eigenvalue weighted by molar-refractivity contribution is -0.384. The van der Waals surface area contributed by atoms with Crippen molar-refractivity contribution in [2.45, 2.75) is 6.92 Å². The molecule has 0 aliphatic rings. The number of non-ortho nitro benzene ring substituents is 1. The summed E-state index contributed by atoms with van der Waals surface area (Å²) in [6.07, 6.45) is 1.55. The third kappa shape index (κ3) is 2.49. The molecular weight excluding hydrogens is 194 g/mol. The van der Waals surface area contributed by atoms with Gasteiger partial charge < -0.3 is 0 Å². The van der Waals surface area contributed by atoms with Gasteiger partial charge >= 0.3 is 0 Å². The summed E-state index contributed by atoms with van der Waals surface area (Å²) < 4.78 is 0. The number of hydrogen-bond donors (Lipinski definition) is 0. The standard InChI is InChI=1S/C11H11NO3/c1-3-8(2)11(13)9-4-6-10(7-5-9)12(14)15/h3-8H,1H2,2H3. The summed E-state index contributed by atoms with van der Waals surface area (Å²) in [5.74, 6) is -0.355. The summed E-state index contributed by atoms with van der Waals surface area (Å²) in [6.45, 7) is 5.26. The normalized spacial score (nSPS) is 11.8. The van der Waals surface area contributed by atoms with Crippen molar-refractivity contribution in [2.75, 3.05) is 0 Å². The quantitative estimate of drug-likeness (QED) is 0.328. The van der Waals surface area contributed by atoms with Crippen molar-refractivity contribution in [3.63, 3.8) is 0 Å². The highest BCUT2D eigenvalue weighted by atomic mass is 16.6. The van der Waals surface area contributed by atoms with Crippen LogP contribution in [-0.2, 0) is 0 Å². The monoisotopic (exact) mass is 205 g/mol. The minimum absolute atomic E-state index is 0.0159. The van der Waals surface area contributed by atoms with E-state index in [4.69, 9.17) is 0 Å². The Morgan fingerprint density at radius 1 is 1.47 bits per heavy atom. The van der Waals surface area contributed by atoms with Crippen LogP contribution in [0.1, 0.15) is 17.3 Å². The first kappa shape index (κ1) is 11.1. The van der Waals surface area contributed by atoms with Gasteiger partial charge in [-0.1, -0.05) is 13.0 Å². The van der Waals surface area contributed by atoms with Crippen LogP contribution in [0.15, 0.2) is 36.9 Å². The number of nitrogens with zero attached hydrogens (tertiary/aromatic N) is 1. The Kier molecular flexibility index (Phi) is 3.33. The highest BCUT2D eigenvalue weighted by Gasteiger charge is 2.13. The second-order valence-electron chi connectivity index (χ2n) is 3.19. The molecule has 15 heavy (non-hydrogen) atoms. The van der Waals surface area contributed by atoms with Crippen LogP contribution in [0.5, 0.6) is 0 Å². The van der Waals surface area contributed by atoms with Gasteiger partial charge in [-0.2, -0.15) is 0 Å². The van der Waals surface area contributed by atoms with Crippen molar-refractivity contribution in [1.29, 1.82) is 0 Å². The van der Waals surface area contributed by atoms with Crippen LogP contribution in [0.3, 0.4) is 0 Å². The Hall–Kier alpha value is -1.97. The summed E-state index contributed by atoms with van der Waals surface area (Å²) in [5, 5.41) is 10.4. The zero-order valence-corrected chi connectivity index (χ0v) is 8.34. The molecule has 1 aromatic rings. The second kappa shape index (κ2) is 4.50. The van der Waals surface area contributed by atoms with Gasteiger partial charge in [-0.3, -0.25) is 14.9 Å². The van der Waals surface area contributed by atoms with Crippen molar-refractivity contribution in [3.8, 4) is 0 Å². The van der Waals surface area contributed by atoms with Crippen LogP contribution in [-0.4, -0.2) is 10.7 Å². The van der Waals surface area contributed by atoms with Gasteiger partial charge in [0.15, 0.2) is 5.78 Å². The molecule has 0 saturated heterocycles. The molecule has 4 nitrogen and oxygen atoms in total. The number of carbonyl (C=O) groups excluding carboxylic acids is 1. The predicted octanol–water partition coefficient (Wildman–Crippen LogP) is 2.60. The molecule has 0 amide bonds. The second-order valence-corrected chi connectivity index (χ2v) is 3.19. The van der Waals surface area contributed by atoms with Crippen molar-refractivity contribution < 1.29 is 9.72 Å². The van der Waals surface area contributed by atoms with E-state index in [1.807, 2.05) is 0 Å². The van der Waals surface area contributed by atoms with Crippen LogP contribution >= 0.6 is 0 Å². The fourth-order valence-electron chi connectivity index (χ4n) is 1.12. The first-order valence-electron chi connectivity index (χ1n) is 4.47. The van der Waals surface area contributed by atoms with E-state index in [-0.39, 0.29) is 17.4 Å². The Labute approximate surface area is 87.4 Å². The van der Waals surface area contributed by atoms with E-state index in [9.17, 15) is 14.9 Å². The maximum Gasteiger partial charge on any atom is 0.269 e. The Morgan fingerprint density at radius 2 is 2.00 bits per heavy atom. The van der Waals surface area contributed by atoms with E-state index in [1.54, 1.807) is 13.0 Å². The molecule has 0 aromatic heterocycles. The number of Topliss-reactive ketones (excluding diaryl/α,β-unsaturated/α-hetero) is 1. The van der Waals surface area contributed by atoms with E-state index in [0.717, 1.165) is 0 Å². The van der Waals surface area contributed by atoms with Gasteiger partial charge in [-0.05, 0) is 12.1 Å². The fourth-order valence-corrected chi connectivity index (χ4v) is 1.12. The third-order valence-corrected chi connectivity index (χ3v) is 2.13. The molecule has 4 heteroatoms. The molecule has 0 aliphatic heterocycles. The zero-order valence-electron chi connectivity index (χ0n) is 8.34. The molecule has 1 aromatic carbocycles. The van der Waals surface area contributed by atoms with Gasteiger partial charge in [0.2, 0.25) is 0 Å². The summed E-state index contributed by atoms with van der Waals surface area (Å²) in [6, 6.07) is 5.56. The van der Waals surface area contributed by atoms with Crippen molar-refractivity contribution in [3.05, 3.63) is 52.6 Å². The fraction of sp³-hybridized carbons (Fsp3) is 0.182. The molecule has 0 bridgehead atoms. The number of carbonyl (C=O) groups is 1. The number of ketones is 1. The Balaban J connectivity index is 2.94. The molecule has 0 aliphatic carbocycles. The van der Waals surface area contributed by atoms with Gasteiger partial charge in [0.05, 0.1) is 4.92 Å². The van der Waals surface area contributed by atoms with Gasteiger partial charge in [-0.15, -0.1) is 6.58 Å². The summed E-state index contributed by atoms with van der Waals surface area (Å²) >= 11 is 0. The van der Waals surface area contributed by atoms with Crippen LogP contribution in [0, 0.1) is 16.0 Å². The highest BCUT2D eigenvalue weighted by Crippen LogP contribution is 2.15. The summed E-state index contributed by atoms with van der Waals surface area (Å²) in [4.78, 5) is 21.5. The molecule has 0 spiro atoms.